The molecule has 21 heavy (non-hydrogen) atoms. The fourth-order valence-electron chi connectivity index (χ4n) is 2.45. The van der Waals surface area contributed by atoms with Crippen molar-refractivity contribution in [3.05, 3.63) is 35.9 Å². The summed E-state index contributed by atoms with van der Waals surface area (Å²) < 4.78 is 11.7. The van der Waals surface area contributed by atoms with Crippen molar-refractivity contribution < 1.29 is 9.47 Å². The van der Waals surface area contributed by atoms with E-state index in [0.29, 0.717) is 19.1 Å². The van der Waals surface area contributed by atoms with Crippen LogP contribution in [0.15, 0.2) is 30.3 Å². The van der Waals surface area contributed by atoms with Crippen LogP contribution in [0.1, 0.15) is 45.2 Å². The second-order valence-electron chi connectivity index (χ2n) is 5.72. The van der Waals surface area contributed by atoms with Gasteiger partial charge in [-0.2, -0.15) is 0 Å². The number of likely N-dealkylation sites (N-methyl/N-ethyl adjacent to an activating group) is 1. The highest BCUT2D eigenvalue weighted by Gasteiger charge is 2.25. The zero-order valence-corrected chi connectivity index (χ0v) is 14.0. The molecule has 0 amide bonds. The van der Waals surface area contributed by atoms with Crippen LogP contribution in [0, 0.1) is 5.92 Å². The minimum atomic E-state index is 0.146. The molecule has 0 aliphatic rings. The van der Waals surface area contributed by atoms with Gasteiger partial charge in [0.1, 0.15) is 0 Å². The van der Waals surface area contributed by atoms with Crippen LogP contribution < -0.4 is 5.32 Å². The normalized spacial score (nSPS) is 14.3. The van der Waals surface area contributed by atoms with Gasteiger partial charge in [0.2, 0.25) is 0 Å². The smallest absolute Gasteiger partial charge is 0.0793 e. The van der Waals surface area contributed by atoms with Crippen LogP contribution in [0.5, 0.6) is 0 Å². The molecule has 0 aliphatic heterocycles. The summed E-state index contributed by atoms with van der Waals surface area (Å²) >= 11 is 0. The number of unbranched alkanes of at least 4 members (excludes halogenated alkanes) is 1. The Morgan fingerprint density at radius 2 is 1.76 bits per heavy atom. The average molecular weight is 293 g/mol. The van der Waals surface area contributed by atoms with Gasteiger partial charge in [-0.15, -0.1) is 0 Å². The molecule has 3 heteroatoms. The van der Waals surface area contributed by atoms with Crippen molar-refractivity contribution >= 4 is 0 Å². The first-order chi connectivity index (χ1) is 10.2. The van der Waals surface area contributed by atoms with E-state index in [4.69, 9.17) is 9.47 Å². The summed E-state index contributed by atoms with van der Waals surface area (Å²) in [6, 6.07) is 10.7. The van der Waals surface area contributed by atoms with E-state index in [0.717, 1.165) is 13.0 Å². The van der Waals surface area contributed by atoms with Crippen molar-refractivity contribution in [1.29, 1.82) is 0 Å². The number of nitrogens with one attached hydrogen (secondary N) is 1. The molecule has 0 saturated carbocycles. The van der Waals surface area contributed by atoms with Crippen LogP contribution in [0.2, 0.25) is 0 Å². The van der Waals surface area contributed by atoms with E-state index in [1.165, 1.54) is 12.0 Å². The lowest BCUT2D eigenvalue weighted by Gasteiger charge is -2.30. The standard InChI is InChI=1S/C18H31NO2/c1-5-6-12-20-13-14-21-18(15(2)3)17(19-4)16-10-8-7-9-11-16/h7-11,15,17-19H,5-6,12-14H2,1-4H3. The van der Waals surface area contributed by atoms with Gasteiger partial charge in [0.25, 0.3) is 0 Å². The molecule has 3 nitrogen and oxygen atoms in total. The van der Waals surface area contributed by atoms with Gasteiger partial charge >= 0.3 is 0 Å². The summed E-state index contributed by atoms with van der Waals surface area (Å²) in [5, 5.41) is 3.40. The first-order valence-corrected chi connectivity index (χ1v) is 8.12. The van der Waals surface area contributed by atoms with Gasteiger partial charge in [0, 0.05) is 6.61 Å². The maximum atomic E-state index is 6.10. The highest BCUT2D eigenvalue weighted by Crippen LogP contribution is 2.24. The van der Waals surface area contributed by atoms with Crippen LogP contribution in [0.4, 0.5) is 0 Å². The Labute approximate surface area is 130 Å². The predicted octanol–water partition coefficient (Wildman–Crippen LogP) is 3.81. The van der Waals surface area contributed by atoms with E-state index in [1.807, 2.05) is 13.1 Å². The average Bonchev–Trinajstić information content (AvgIpc) is 2.50. The maximum Gasteiger partial charge on any atom is 0.0793 e. The fourth-order valence-corrected chi connectivity index (χ4v) is 2.45. The lowest BCUT2D eigenvalue weighted by atomic mass is 9.93. The fraction of sp³-hybridized carbons (Fsp3) is 0.667. The Kier molecular flexibility index (Phi) is 9.31. The molecule has 0 radical (unpaired) electrons. The number of rotatable bonds is 11. The molecule has 0 bridgehead atoms. The van der Waals surface area contributed by atoms with E-state index in [9.17, 15) is 0 Å². The minimum Gasteiger partial charge on any atom is -0.379 e. The lowest BCUT2D eigenvalue weighted by Crippen LogP contribution is -2.36. The van der Waals surface area contributed by atoms with Gasteiger partial charge in [-0.25, -0.2) is 0 Å². The molecule has 2 unspecified atom stereocenters. The summed E-state index contributed by atoms with van der Waals surface area (Å²) in [6.45, 7) is 8.74. The second kappa shape index (κ2) is 10.8. The highest BCUT2D eigenvalue weighted by atomic mass is 16.5. The third-order valence-corrected chi connectivity index (χ3v) is 3.64. The third kappa shape index (κ3) is 6.60. The molecule has 0 spiro atoms. The number of hydrogen-bond acceptors (Lipinski definition) is 3. The molecule has 0 saturated heterocycles. The Morgan fingerprint density at radius 3 is 2.33 bits per heavy atom. The van der Waals surface area contributed by atoms with Gasteiger partial charge in [-0.3, -0.25) is 0 Å². The van der Waals surface area contributed by atoms with Crippen LogP contribution >= 0.6 is 0 Å². The van der Waals surface area contributed by atoms with Crippen molar-refractivity contribution in [2.24, 2.45) is 5.92 Å². The Hall–Kier alpha value is -0.900. The van der Waals surface area contributed by atoms with Crippen molar-refractivity contribution in [1.82, 2.24) is 5.32 Å². The molecular weight excluding hydrogens is 262 g/mol. The van der Waals surface area contributed by atoms with Crippen LogP contribution in [-0.2, 0) is 9.47 Å². The first-order valence-electron chi connectivity index (χ1n) is 8.12. The van der Waals surface area contributed by atoms with Gasteiger partial charge in [0.05, 0.1) is 25.4 Å². The Balaban J connectivity index is 2.51. The Morgan fingerprint density at radius 1 is 1.05 bits per heavy atom. The van der Waals surface area contributed by atoms with Crippen molar-refractivity contribution in [3.63, 3.8) is 0 Å². The third-order valence-electron chi connectivity index (χ3n) is 3.64. The largest absolute Gasteiger partial charge is 0.379 e. The maximum absolute atomic E-state index is 6.10. The summed E-state index contributed by atoms with van der Waals surface area (Å²) in [4.78, 5) is 0. The molecule has 1 aromatic carbocycles. The SMILES string of the molecule is CCCCOCCOC(C(C)C)C(NC)c1ccccc1. The van der Waals surface area contributed by atoms with E-state index in [2.05, 4.69) is 50.4 Å². The van der Waals surface area contributed by atoms with Crippen molar-refractivity contribution in [3.8, 4) is 0 Å². The van der Waals surface area contributed by atoms with Crippen LogP contribution in [0.3, 0.4) is 0 Å². The van der Waals surface area contributed by atoms with Gasteiger partial charge < -0.3 is 14.8 Å². The summed E-state index contributed by atoms with van der Waals surface area (Å²) in [7, 11) is 1.99. The van der Waals surface area contributed by atoms with Gasteiger partial charge in [0.15, 0.2) is 0 Å². The van der Waals surface area contributed by atoms with Crippen LogP contribution in [0.25, 0.3) is 0 Å². The molecule has 2 atom stereocenters. The lowest BCUT2D eigenvalue weighted by molar-refractivity contribution is -0.0323. The van der Waals surface area contributed by atoms with Crippen LogP contribution in [-0.4, -0.2) is 33.0 Å². The van der Waals surface area contributed by atoms with Gasteiger partial charge in [-0.1, -0.05) is 57.5 Å². The topological polar surface area (TPSA) is 30.5 Å². The van der Waals surface area contributed by atoms with E-state index in [-0.39, 0.29) is 12.1 Å². The quantitative estimate of drug-likeness (QED) is 0.629. The van der Waals surface area contributed by atoms with E-state index in [1.54, 1.807) is 0 Å². The van der Waals surface area contributed by atoms with Crippen molar-refractivity contribution in [2.75, 3.05) is 26.9 Å². The molecule has 0 fully saturated rings. The summed E-state index contributed by atoms with van der Waals surface area (Å²) in [5.41, 5.74) is 1.27. The summed E-state index contributed by atoms with van der Waals surface area (Å²) in [5.74, 6) is 0.443. The molecule has 1 aromatic rings. The molecule has 0 aliphatic carbocycles. The molecular formula is C18H31NO2. The molecule has 0 aromatic heterocycles. The first kappa shape index (κ1) is 18.1. The zero-order valence-electron chi connectivity index (χ0n) is 14.0. The van der Waals surface area contributed by atoms with Crippen molar-refractivity contribution in [2.45, 2.75) is 45.8 Å². The molecule has 120 valence electrons. The zero-order chi connectivity index (χ0) is 15.5. The highest BCUT2D eigenvalue weighted by molar-refractivity contribution is 5.20. The molecule has 0 heterocycles. The number of benzene rings is 1. The predicted molar refractivity (Wildman–Crippen MR) is 88.5 cm³/mol. The van der Waals surface area contributed by atoms with E-state index < -0.39 is 0 Å². The molecule has 1 N–H and O–H groups in total. The summed E-state index contributed by atoms with van der Waals surface area (Å²) in [6.07, 6.45) is 2.44. The minimum absolute atomic E-state index is 0.146. The second-order valence-corrected chi connectivity index (χ2v) is 5.72. The van der Waals surface area contributed by atoms with E-state index >= 15 is 0 Å². The van der Waals surface area contributed by atoms with Gasteiger partial charge in [-0.05, 0) is 24.9 Å². The number of ether oxygens (including phenoxy) is 2. The molecule has 1 rings (SSSR count). The number of hydrogen-bond donors (Lipinski definition) is 1. The Bertz CT molecular complexity index is 353. The monoisotopic (exact) mass is 293 g/mol.